The normalized spacial score (nSPS) is 13.4. The zero-order valence-corrected chi connectivity index (χ0v) is 34.3. The highest BCUT2D eigenvalue weighted by atomic mass is 15.0. The van der Waals surface area contributed by atoms with Gasteiger partial charge in [0.1, 0.15) is 0 Å². The molecule has 2 unspecified atom stereocenters. The zero-order chi connectivity index (χ0) is 39.8. The first-order chi connectivity index (χ1) is 29.0. The van der Waals surface area contributed by atoms with E-state index >= 15 is 0 Å². The van der Waals surface area contributed by atoms with Crippen LogP contribution in [0, 0.1) is 0 Å². The van der Waals surface area contributed by atoms with Gasteiger partial charge in [-0.05, 0) is 172 Å². The van der Waals surface area contributed by atoms with Crippen molar-refractivity contribution in [1.29, 1.82) is 0 Å². The molecule has 0 spiro atoms. The van der Waals surface area contributed by atoms with Gasteiger partial charge in [-0.3, -0.25) is 0 Å². The zero-order valence-electron chi connectivity index (χ0n) is 34.3. The predicted octanol–water partition coefficient (Wildman–Crippen LogP) is 15.8. The SMILES string of the molecule is CCC(C)c1ccc2c(c1)c1cc(-c3ccc4c(c3)-c3cc(-c5ccc6c(c5)c5cc(C(C)CC)ccc5n6-c5ccccc5)ccc3C4)ccc1n2-c1ccccc1. The second kappa shape index (κ2) is 14.0. The Bertz CT molecular complexity index is 3010. The lowest BCUT2D eigenvalue weighted by Crippen LogP contribution is -1.94. The minimum absolute atomic E-state index is 0.512. The van der Waals surface area contributed by atoms with Crippen LogP contribution in [-0.2, 0) is 6.42 Å². The summed E-state index contributed by atoms with van der Waals surface area (Å²) in [5, 5.41) is 5.24. The standard InChI is InChI=1S/C57H48N2/c1-5-36(3)38-21-25-54-50(30-38)52-34-42(23-27-56(52)58(54)46-13-9-7-10-14-46)40-17-19-44-29-45-20-18-41(33-49(45)48(44)32-40)43-24-28-57-53(35-43)51-31-39(37(4)6-2)22-26-55(51)59(57)47-15-11-8-12-16-47/h7-28,30-37H,5-6,29H2,1-4H3. The van der Waals surface area contributed by atoms with E-state index in [1.54, 1.807) is 0 Å². The molecule has 0 radical (unpaired) electrons. The van der Waals surface area contributed by atoms with Crippen molar-refractivity contribution in [3.63, 3.8) is 0 Å². The molecule has 0 saturated carbocycles. The predicted molar refractivity (Wildman–Crippen MR) is 252 cm³/mol. The van der Waals surface area contributed by atoms with Gasteiger partial charge < -0.3 is 9.13 Å². The Morgan fingerprint density at radius 3 is 1.15 bits per heavy atom. The number of fused-ring (bicyclic) bond motifs is 9. The largest absolute Gasteiger partial charge is 0.309 e. The van der Waals surface area contributed by atoms with Gasteiger partial charge in [0.15, 0.2) is 0 Å². The molecule has 0 aliphatic heterocycles. The third kappa shape index (κ3) is 5.76. The Morgan fingerprint density at radius 1 is 0.390 bits per heavy atom. The molecule has 2 heterocycles. The number of hydrogen-bond donors (Lipinski definition) is 0. The van der Waals surface area contributed by atoms with E-state index in [0.29, 0.717) is 11.8 Å². The quantitative estimate of drug-likeness (QED) is 0.146. The first kappa shape index (κ1) is 35.5. The van der Waals surface area contributed by atoms with Gasteiger partial charge >= 0.3 is 0 Å². The smallest absolute Gasteiger partial charge is 0.0541 e. The molecule has 2 aromatic heterocycles. The second-order valence-corrected chi connectivity index (χ2v) is 16.9. The molecule has 11 rings (SSSR count). The summed E-state index contributed by atoms with van der Waals surface area (Å²) in [6, 6.07) is 64.2. The number of benzene rings is 8. The Balaban J connectivity index is 1.02. The van der Waals surface area contributed by atoms with Gasteiger partial charge in [-0.2, -0.15) is 0 Å². The van der Waals surface area contributed by atoms with Crippen LogP contribution in [0.4, 0.5) is 0 Å². The average Bonchev–Trinajstić information content (AvgIpc) is 3.94. The van der Waals surface area contributed by atoms with Crippen LogP contribution in [0.2, 0.25) is 0 Å². The molecule has 286 valence electrons. The summed E-state index contributed by atoms with van der Waals surface area (Å²) in [7, 11) is 0. The number of nitrogens with zero attached hydrogens (tertiary/aromatic N) is 2. The third-order valence-corrected chi connectivity index (χ3v) is 13.5. The topological polar surface area (TPSA) is 9.86 Å². The molecule has 1 aliphatic rings. The van der Waals surface area contributed by atoms with Crippen molar-refractivity contribution in [2.75, 3.05) is 0 Å². The number of rotatable bonds is 8. The maximum atomic E-state index is 2.44. The van der Waals surface area contributed by atoms with Crippen molar-refractivity contribution in [1.82, 2.24) is 9.13 Å². The van der Waals surface area contributed by atoms with Crippen molar-refractivity contribution in [2.45, 2.75) is 58.8 Å². The fourth-order valence-corrected chi connectivity index (χ4v) is 9.76. The summed E-state index contributed by atoms with van der Waals surface area (Å²) < 4.78 is 4.85. The number of aromatic nitrogens is 2. The summed E-state index contributed by atoms with van der Waals surface area (Å²) in [6.45, 7) is 9.23. The van der Waals surface area contributed by atoms with Gasteiger partial charge in [0.2, 0.25) is 0 Å². The van der Waals surface area contributed by atoms with E-state index in [1.165, 1.54) is 111 Å². The molecule has 0 bridgehead atoms. The summed E-state index contributed by atoms with van der Waals surface area (Å²) in [5.74, 6) is 1.02. The lowest BCUT2D eigenvalue weighted by atomic mass is 9.94. The lowest BCUT2D eigenvalue weighted by molar-refractivity contribution is 0.735. The molecule has 0 amide bonds. The minimum Gasteiger partial charge on any atom is -0.309 e. The molecule has 2 nitrogen and oxygen atoms in total. The van der Waals surface area contributed by atoms with Gasteiger partial charge in [-0.25, -0.2) is 0 Å². The fraction of sp³-hybridized carbons (Fsp3) is 0.158. The van der Waals surface area contributed by atoms with Gasteiger partial charge in [0.05, 0.1) is 22.1 Å². The first-order valence-electron chi connectivity index (χ1n) is 21.5. The number of para-hydroxylation sites is 2. The van der Waals surface area contributed by atoms with E-state index in [4.69, 9.17) is 0 Å². The summed E-state index contributed by atoms with van der Waals surface area (Å²) in [4.78, 5) is 0. The number of hydrogen-bond acceptors (Lipinski definition) is 0. The van der Waals surface area contributed by atoms with Crippen molar-refractivity contribution >= 4 is 43.6 Å². The van der Waals surface area contributed by atoms with Crippen molar-refractivity contribution < 1.29 is 0 Å². The highest BCUT2D eigenvalue weighted by Crippen LogP contribution is 2.44. The van der Waals surface area contributed by atoms with E-state index in [1.807, 2.05) is 0 Å². The summed E-state index contributed by atoms with van der Waals surface area (Å²) >= 11 is 0. The Morgan fingerprint density at radius 2 is 0.746 bits per heavy atom. The van der Waals surface area contributed by atoms with Crippen LogP contribution in [-0.4, -0.2) is 9.13 Å². The van der Waals surface area contributed by atoms with Gasteiger partial charge in [0, 0.05) is 32.9 Å². The van der Waals surface area contributed by atoms with Gasteiger partial charge in [-0.15, -0.1) is 0 Å². The molecule has 2 heteroatoms. The molecular formula is C57H48N2. The first-order valence-corrected chi connectivity index (χ1v) is 21.5. The minimum atomic E-state index is 0.512. The van der Waals surface area contributed by atoms with Crippen LogP contribution in [0.25, 0.3) is 88.4 Å². The lowest BCUT2D eigenvalue weighted by Gasteiger charge is -2.10. The molecule has 0 fully saturated rings. The van der Waals surface area contributed by atoms with Crippen LogP contribution in [0.5, 0.6) is 0 Å². The van der Waals surface area contributed by atoms with Gasteiger partial charge in [-0.1, -0.05) is 113 Å². The van der Waals surface area contributed by atoms with Crippen LogP contribution >= 0.6 is 0 Å². The van der Waals surface area contributed by atoms with Crippen LogP contribution in [0.15, 0.2) is 170 Å². The molecule has 1 aliphatic carbocycles. The molecular weight excluding hydrogens is 713 g/mol. The molecule has 8 aromatic carbocycles. The highest BCUT2D eigenvalue weighted by molar-refractivity contribution is 6.12. The molecule has 10 aromatic rings. The Hall–Kier alpha value is -6.64. The monoisotopic (exact) mass is 760 g/mol. The Labute approximate surface area is 347 Å². The average molecular weight is 761 g/mol. The Kier molecular flexibility index (Phi) is 8.44. The maximum absolute atomic E-state index is 2.44. The van der Waals surface area contributed by atoms with E-state index in [2.05, 4.69) is 207 Å². The van der Waals surface area contributed by atoms with Crippen LogP contribution in [0.3, 0.4) is 0 Å². The van der Waals surface area contributed by atoms with E-state index in [-0.39, 0.29) is 0 Å². The maximum Gasteiger partial charge on any atom is 0.0541 e. The van der Waals surface area contributed by atoms with E-state index < -0.39 is 0 Å². The molecule has 2 atom stereocenters. The van der Waals surface area contributed by atoms with Crippen LogP contribution < -0.4 is 0 Å². The van der Waals surface area contributed by atoms with Crippen molar-refractivity contribution in [2.24, 2.45) is 0 Å². The highest BCUT2D eigenvalue weighted by Gasteiger charge is 2.22. The van der Waals surface area contributed by atoms with E-state index in [0.717, 1.165) is 19.3 Å². The van der Waals surface area contributed by atoms with Crippen molar-refractivity contribution in [3.05, 3.63) is 192 Å². The van der Waals surface area contributed by atoms with Crippen molar-refractivity contribution in [3.8, 4) is 44.8 Å². The molecule has 0 N–H and O–H groups in total. The second-order valence-electron chi connectivity index (χ2n) is 16.9. The molecule has 0 saturated heterocycles. The van der Waals surface area contributed by atoms with E-state index in [9.17, 15) is 0 Å². The van der Waals surface area contributed by atoms with Gasteiger partial charge in [0.25, 0.3) is 0 Å². The third-order valence-electron chi connectivity index (χ3n) is 13.5. The fourth-order valence-electron chi connectivity index (χ4n) is 9.76. The summed E-state index contributed by atoms with van der Waals surface area (Å²) in [5.41, 5.74) is 20.7. The van der Waals surface area contributed by atoms with Crippen LogP contribution in [0.1, 0.15) is 74.6 Å². The molecule has 59 heavy (non-hydrogen) atoms. The summed E-state index contributed by atoms with van der Waals surface area (Å²) in [6.07, 6.45) is 3.22.